The Morgan fingerprint density at radius 2 is 1.70 bits per heavy atom. The molecule has 0 aliphatic rings. The number of rotatable bonds is 3. The molecule has 0 saturated heterocycles. The second-order valence-corrected chi connectivity index (χ2v) is 5.75. The van der Waals surface area contributed by atoms with Crippen LogP contribution in [0.4, 0.5) is 22.7 Å². The van der Waals surface area contributed by atoms with Crippen LogP contribution in [-0.4, -0.2) is 4.98 Å². The van der Waals surface area contributed by atoms with Crippen LogP contribution in [0.25, 0.3) is 0 Å². The van der Waals surface area contributed by atoms with E-state index in [-0.39, 0.29) is 23.5 Å². The fourth-order valence-electron chi connectivity index (χ4n) is 1.90. The number of nitrogens with zero attached hydrogens (tertiary/aromatic N) is 1. The largest absolute Gasteiger partial charge is 0.375 e. The summed E-state index contributed by atoms with van der Waals surface area (Å²) in [6.07, 6.45) is -0.283. The third-order valence-corrected chi connectivity index (χ3v) is 3.73. The number of benzene rings is 1. The molecule has 2 aromatic rings. The molecular formula is C13H12F4N2S. The van der Waals surface area contributed by atoms with Crippen LogP contribution in [0.15, 0.2) is 6.07 Å². The van der Waals surface area contributed by atoms with Crippen molar-refractivity contribution >= 4 is 16.5 Å². The molecule has 0 spiro atoms. The Labute approximate surface area is 117 Å². The van der Waals surface area contributed by atoms with Gasteiger partial charge in [0.05, 0.1) is 5.69 Å². The fourth-order valence-corrected chi connectivity index (χ4v) is 2.90. The van der Waals surface area contributed by atoms with E-state index in [1.807, 2.05) is 13.8 Å². The van der Waals surface area contributed by atoms with E-state index >= 15 is 0 Å². The minimum atomic E-state index is -1.41. The van der Waals surface area contributed by atoms with Crippen molar-refractivity contribution in [3.8, 4) is 0 Å². The van der Waals surface area contributed by atoms with Gasteiger partial charge in [-0.2, -0.15) is 0 Å². The lowest BCUT2D eigenvalue weighted by atomic mass is 10.0. The fraction of sp³-hybridized carbons (Fsp3) is 0.308. The van der Waals surface area contributed by atoms with E-state index in [1.54, 1.807) is 0 Å². The zero-order valence-electron chi connectivity index (χ0n) is 10.8. The summed E-state index contributed by atoms with van der Waals surface area (Å²) < 4.78 is 53.6. The molecule has 0 amide bonds. The minimum Gasteiger partial charge on any atom is -0.375 e. The molecule has 20 heavy (non-hydrogen) atoms. The molecule has 2 rings (SSSR count). The topological polar surface area (TPSA) is 38.9 Å². The molecule has 108 valence electrons. The van der Waals surface area contributed by atoms with Gasteiger partial charge >= 0.3 is 0 Å². The SMILES string of the molecule is CC(C)c1nc(N)sc1Cc1c(F)c(F)cc(F)c1F. The van der Waals surface area contributed by atoms with Crippen LogP contribution in [0.5, 0.6) is 0 Å². The Bertz CT molecular complexity index is 626. The number of nitrogens with two attached hydrogens (primary N) is 1. The normalized spacial score (nSPS) is 11.3. The molecule has 1 heterocycles. The van der Waals surface area contributed by atoms with Crippen molar-refractivity contribution in [2.75, 3.05) is 5.73 Å². The van der Waals surface area contributed by atoms with E-state index < -0.39 is 28.8 Å². The van der Waals surface area contributed by atoms with Gasteiger partial charge in [-0.15, -0.1) is 11.3 Å². The predicted octanol–water partition coefficient (Wildman–Crippen LogP) is 4.00. The van der Waals surface area contributed by atoms with Crippen LogP contribution in [0.3, 0.4) is 0 Å². The Balaban J connectivity index is 2.50. The minimum absolute atomic E-state index is 0.0110. The third kappa shape index (κ3) is 2.63. The van der Waals surface area contributed by atoms with E-state index in [4.69, 9.17) is 5.73 Å². The van der Waals surface area contributed by atoms with Crippen molar-refractivity contribution in [3.05, 3.63) is 45.5 Å². The summed E-state index contributed by atoms with van der Waals surface area (Å²) in [4.78, 5) is 4.57. The van der Waals surface area contributed by atoms with Gasteiger partial charge in [0.25, 0.3) is 0 Å². The Morgan fingerprint density at radius 3 is 2.20 bits per heavy atom. The van der Waals surface area contributed by atoms with E-state index in [1.165, 1.54) is 0 Å². The van der Waals surface area contributed by atoms with Crippen LogP contribution in [-0.2, 0) is 6.42 Å². The Morgan fingerprint density at radius 1 is 1.15 bits per heavy atom. The zero-order chi connectivity index (χ0) is 15.0. The van der Waals surface area contributed by atoms with Crippen molar-refractivity contribution in [2.45, 2.75) is 26.2 Å². The van der Waals surface area contributed by atoms with Crippen LogP contribution in [0, 0.1) is 23.3 Å². The maximum Gasteiger partial charge on any atom is 0.180 e. The molecule has 1 aromatic carbocycles. The second-order valence-electron chi connectivity index (χ2n) is 4.64. The lowest BCUT2D eigenvalue weighted by Gasteiger charge is -2.08. The summed E-state index contributed by atoms with van der Waals surface area (Å²) in [5.74, 6) is -5.61. The molecule has 0 bridgehead atoms. The molecule has 0 unspecified atom stereocenters. The summed E-state index contributed by atoms with van der Waals surface area (Å²) in [5, 5.41) is 0.251. The summed E-state index contributed by atoms with van der Waals surface area (Å²) in [5.41, 5.74) is 5.51. The third-order valence-electron chi connectivity index (χ3n) is 2.83. The molecule has 0 atom stereocenters. The molecule has 7 heteroatoms. The van der Waals surface area contributed by atoms with Gasteiger partial charge in [0.15, 0.2) is 28.4 Å². The molecule has 0 fully saturated rings. The van der Waals surface area contributed by atoms with Crippen LogP contribution in [0.2, 0.25) is 0 Å². The quantitative estimate of drug-likeness (QED) is 0.687. The van der Waals surface area contributed by atoms with Gasteiger partial charge in [-0.1, -0.05) is 13.8 Å². The van der Waals surface area contributed by atoms with Gasteiger partial charge in [0, 0.05) is 22.9 Å². The first-order chi connectivity index (χ1) is 9.31. The maximum absolute atomic E-state index is 13.6. The monoisotopic (exact) mass is 304 g/mol. The van der Waals surface area contributed by atoms with Gasteiger partial charge in [-0.25, -0.2) is 22.5 Å². The van der Waals surface area contributed by atoms with Gasteiger partial charge in [0.2, 0.25) is 0 Å². The number of aromatic nitrogens is 1. The van der Waals surface area contributed by atoms with E-state index in [9.17, 15) is 17.6 Å². The summed E-state index contributed by atoms with van der Waals surface area (Å²) in [7, 11) is 0. The van der Waals surface area contributed by atoms with Crippen molar-refractivity contribution in [1.29, 1.82) is 0 Å². The van der Waals surface area contributed by atoms with Crippen molar-refractivity contribution in [1.82, 2.24) is 4.98 Å². The van der Waals surface area contributed by atoms with Crippen LogP contribution >= 0.6 is 11.3 Å². The van der Waals surface area contributed by atoms with Crippen LogP contribution in [0.1, 0.15) is 35.9 Å². The number of hydrogen-bond acceptors (Lipinski definition) is 3. The highest BCUT2D eigenvalue weighted by atomic mass is 32.1. The van der Waals surface area contributed by atoms with Crippen molar-refractivity contribution < 1.29 is 17.6 Å². The van der Waals surface area contributed by atoms with Gasteiger partial charge in [-0.05, 0) is 5.92 Å². The summed E-state index contributed by atoms with van der Waals surface area (Å²) in [6.45, 7) is 3.69. The molecule has 0 radical (unpaired) electrons. The number of thiazole rings is 1. The smallest absolute Gasteiger partial charge is 0.180 e. The zero-order valence-corrected chi connectivity index (χ0v) is 11.6. The number of anilines is 1. The highest BCUT2D eigenvalue weighted by molar-refractivity contribution is 7.15. The maximum atomic E-state index is 13.6. The number of hydrogen-bond donors (Lipinski definition) is 1. The first-order valence-electron chi connectivity index (χ1n) is 5.88. The first kappa shape index (κ1) is 14.8. The highest BCUT2D eigenvalue weighted by Gasteiger charge is 2.22. The standard InChI is InChI=1S/C13H12F4N2S/c1-5(2)12-9(20-13(18)19-12)3-6-10(16)7(14)4-8(15)11(6)17/h4-5H,3H2,1-2H3,(H2,18,19). The van der Waals surface area contributed by atoms with Crippen molar-refractivity contribution in [3.63, 3.8) is 0 Å². The average Bonchev–Trinajstić information content (AvgIpc) is 2.73. The molecule has 0 saturated carbocycles. The number of nitrogen functional groups attached to an aromatic ring is 1. The first-order valence-corrected chi connectivity index (χ1v) is 6.69. The summed E-state index contributed by atoms with van der Waals surface area (Å²) in [6, 6.07) is 0.193. The average molecular weight is 304 g/mol. The van der Waals surface area contributed by atoms with Gasteiger partial charge in [-0.3, -0.25) is 0 Å². The second kappa shape index (κ2) is 5.40. The molecule has 0 aliphatic heterocycles. The molecular weight excluding hydrogens is 292 g/mol. The lowest BCUT2D eigenvalue weighted by Crippen LogP contribution is -2.04. The predicted molar refractivity (Wildman–Crippen MR) is 69.7 cm³/mol. The molecule has 0 aliphatic carbocycles. The van der Waals surface area contributed by atoms with Crippen LogP contribution < -0.4 is 5.73 Å². The van der Waals surface area contributed by atoms with E-state index in [2.05, 4.69) is 4.98 Å². The summed E-state index contributed by atoms with van der Waals surface area (Å²) >= 11 is 1.06. The van der Waals surface area contributed by atoms with Gasteiger partial charge in [0.1, 0.15) is 0 Å². The number of halogens is 4. The molecule has 1 aromatic heterocycles. The lowest BCUT2D eigenvalue weighted by molar-refractivity contribution is 0.441. The highest BCUT2D eigenvalue weighted by Crippen LogP contribution is 2.31. The van der Waals surface area contributed by atoms with Gasteiger partial charge < -0.3 is 5.73 Å². The van der Waals surface area contributed by atoms with E-state index in [0.717, 1.165) is 11.3 Å². The van der Waals surface area contributed by atoms with E-state index in [0.29, 0.717) is 10.6 Å². The Hall–Kier alpha value is -1.63. The Kier molecular flexibility index (Phi) is 3.99. The molecule has 2 N–H and O–H groups in total. The van der Waals surface area contributed by atoms with Crippen molar-refractivity contribution in [2.24, 2.45) is 0 Å². The molecule has 2 nitrogen and oxygen atoms in total.